The molecule has 12 nitrogen and oxygen atoms in total. The van der Waals surface area contributed by atoms with Crippen LogP contribution >= 0.6 is 0 Å². The average Bonchev–Trinajstić information content (AvgIpc) is 4.22. The summed E-state index contributed by atoms with van der Waals surface area (Å²) in [5, 5.41) is 6.12. The Hall–Kier alpha value is -9.13. The molecule has 0 fully saturated rings. The maximum absolute atomic E-state index is 13.3. The molecule has 346 valence electrons. The van der Waals surface area contributed by atoms with Crippen LogP contribution in [-0.4, -0.2) is 31.8 Å². The van der Waals surface area contributed by atoms with Gasteiger partial charge in [0.15, 0.2) is 49.6 Å². The van der Waals surface area contributed by atoms with Gasteiger partial charge in [0.2, 0.25) is 0 Å². The van der Waals surface area contributed by atoms with Gasteiger partial charge in [-0.15, -0.1) is 0 Å². The molecule has 0 unspecified atom stereocenters. The first-order chi connectivity index (χ1) is 34.1. The smallest absolute Gasteiger partial charge is 0.261 e. The van der Waals surface area contributed by atoms with Crippen molar-refractivity contribution < 1.29 is 40.3 Å². The van der Waals surface area contributed by atoms with Crippen LogP contribution in [0.25, 0.3) is 90.9 Å². The maximum Gasteiger partial charge on any atom is 0.261 e. The number of nitrogens with zero attached hydrogens (tertiary/aromatic N) is 6. The fraction of sp³-hybridized carbons (Fsp3) is 0.0690. The summed E-state index contributed by atoms with van der Waals surface area (Å²) in [4.78, 5) is 45.0. The van der Waals surface area contributed by atoms with Crippen molar-refractivity contribution in [1.82, 2.24) is 19.9 Å². The monoisotopic (exact) mass is 951 g/mol. The molecule has 0 saturated heterocycles. The highest BCUT2D eigenvalue weighted by Crippen LogP contribution is 2.38. The number of carbonyl (C=O) groups is 2. The number of fused-ring (bicyclic) bond motifs is 8. The summed E-state index contributed by atoms with van der Waals surface area (Å²) in [6.45, 7) is 0. The summed E-state index contributed by atoms with van der Waals surface area (Å²) in [6.07, 6.45) is 23.8. The topological polar surface area (TPSA) is 131 Å². The third-order valence-corrected chi connectivity index (χ3v) is 12.6. The largest absolute Gasteiger partial charge is 1.00 e. The second kappa shape index (κ2) is 19.1. The Bertz CT molecular complexity index is 3530. The first-order valence-corrected chi connectivity index (χ1v) is 22.9. The lowest BCUT2D eigenvalue weighted by Crippen LogP contribution is -3.00. The van der Waals surface area contributed by atoms with Gasteiger partial charge >= 0.3 is 0 Å². The highest BCUT2D eigenvalue weighted by molar-refractivity contribution is 6.05. The molecule has 0 radical (unpaired) electrons. The number of aryl methyl sites for hydroxylation is 4. The van der Waals surface area contributed by atoms with Gasteiger partial charge in [-0.2, -0.15) is 0 Å². The van der Waals surface area contributed by atoms with E-state index in [4.69, 9.17) is 9.97 Å². The highest BCUT2D eigenvalue weighted by atomic mass is 35.5. The minimum Gasteiger partial charge on any atom is -1.00 e. The zero-order chi connectivity index (χ0) is 47.9. The molecule has 0 atom stereocenters. The van der Waals surface area contributed by atoms with E-state index in [0.717, 1.165) is 89.4 Å². The minimum atomic E-state index is -0.189. The van der Waals surface area contributed by atoms with Crippen LogP contribution in [0.1, 0.15) is 43.5 Å². The number of nitrogens with one attached hydrogen (secondary N) is 4. The Balaban J connectivity index is 0.00000582. The van der Waals surface area contributed by atoms with E-state index < -0.39 is 0 Å². The lowest BCUT2D eigenvalue weighted by Gasteiger charge is -2.09. The molecule has 13 heteroatoms. The van der Waals surface area contributed by atoms with Crippen LogP contribution in [0.3, 0.4) is 0 Å². The highest BCUT2D eigenvalue weighted by Gasteiger charge is 2.21. The van der Waals surface area contributed by atoms with Gasteiger partial charge in [-0.05, 0) is 107 Å². The van der Waals surface area contributed by atoms with Crippen molar-refractivity contribution in [1.29, 1.82) is 0 Å². The predicted molar refractivity (Wildman–Crippen MR) is 274 cm³/mol. The zero-order valence-electron chi connectivity index (χ0n) is 39.4. The van der Waals surface area contributed by atoms with Gasteiger partial charge in [0.1, 0.15) is 39.3 Å². The van der Waals surface area contributed by atoms with E-state index in [1.54, 1.807) is 24.5 Å². The van der Waals surface area contributed by atoms with E-state index in [2.05, 4.69) is 93.4 Å². The molecule has 0 aliphatic carbocycles. The van der Waals surface area contributed by atoms with Crippen molar-refractivity contribution in [2.24, 2.45) is 28.2 Å². The fourth-order valence-corrected chi connectivity index (χ4v) is 9.05. The minimum absolute atomic E-state index is 0. The van der Waals surface area contributed by atoms with Gasteiger partial charge in [-0.1, -0.05) is 24.3 Å². The quantitative estimate of drug-likeness (QED) is 0.137. The standard InChI is InChI=1S/C58H45N10O2.ClH/c1-65-31-25-39(26-32-65)55-49-21-17-45(61-49)53(37-9-13-43(14-10-37)59-57(69)41-7-5-29-67(3)35-41)47-19-23-51(63-47)56(40-27-33-66(2)34-28-40)52-24-20-48(64-52)54(46-18-22-50(55)62-46)38-11-15-44(16-12-38)60-58(70)42-8-6-30-68(4)36-42;/h5-36H,1-4H3,(H-2,59,60,61,62,63,64,69,70);1H/q+1;/p+2. The summed E-state index contributed by atoms with van der Waals surface area (Å²) in [7, 11) is 7.80. The van der Waals surface area contributed by atoms with Crippen LogP contribution < -0.4 is 41.3 Å². The molecule has 2 aliphatic heterocycles. The number of H-pyrrole nitrogens is 2. The summed E-state index contributed by atoms with van der Waals surface area (Å²) in [5.74, 6) is -0.378. The van der Waals surface area contributed by atoms with E-state index in [-0.39, 0.29) is 24.2 Å². The van der Waals surface area contributed by atoms with E-state index in [1.807, 2.05) is 144 Å². The molecule has 7 aromatic heterocycles. The number of rotatable bonds is 8. The normalized spacial score (nSPS) is 11.5. The van der Waals surface area contributed by atoms with Crippen LogP contribution in [0.5, 0.6) is 0 Å². The van der Waals surface area contributed by atoms with Crippen LogP contribution in [0.15, 0.2) is 171 Å². The molecule has 4 N–H and O–H groups in total. The van der Waals surface area contributed by atoms with Crippen LogP contribution in [0, 0.1) is 0 Å². The second-order valence-electron chi connectivity index (χ2n) is 17.6. The van der Waals surface area contributed by atoms with Crippen LogP contribution in [-0.2, 0) is 28.2 Å². The van der Waals surface area contributed by atoms with Gasteiger partial charge in [-0.25, -0.2) is 28.2 Å². The Kier molecular flexibility index (Phi) is 12.3. The molecule has 71 heavy (non-hydrogen) atoms. The van der Waals surface area contributed by atoms with Gasteiger partial charge in [0.05, 0.1) is 22.8 Å². The Morgan fingerprint density at radius 2 is 0.704 bits per heavy atom. The van der Waals surface area contributed by atoms with Crippen molar-refractivity contribution in [2.75, 3.05) is 10.6 Å². The predicted octanol–water partition coefficient (Wildman–Crippen LogP) is 6.13. The molecule has 2 amide bonds. The molecular weight excluding hydrogens is 904 g/mol. The molecule has 0 spiro atoms. The van der Waals surface area contributed by atoms with Crippen molar-refractivity contribution >= 4 is 69.6 Å². The van der Waals surface area contributed by atoms with Crippen LogP contribution in [0.4, 0.5) is 11.4 Å². The van der Waals surface area contributed by atoms with E-state index in [1.165, 1.54) is 0 Å². The summed E-state index contributed by atoms with van der Waals surface area (Å²) < 4.78 is 7.74. The molecule has 0 saturated carbocycles. The molecule has 9 aromatic rings. The number of carbonyl (C=O) groups excluding carboxylic acids is 2. The number of benzene rings is 2. The molecule has 2 aliphatic rings. The van der Waals surface area contributed by atoms with E-state index in [9.17, 15) is 9.59 Å². The SMILES string of the molecule is C[n+]1ccc(-c2c3nc(c(-c4ccc(NC(=O)c5ccc[n+](C)c5)cc4)c4ccc([nH]4)c(-c4cc[n+](C)cc4)c4nc(c(-c5ccc(NC(=O)c6ccc[n+](C)c6)cc5)c5ccc2[nH]5)C=C4)C=C3)cc1.[Cl-]. The van der Waals surface area contributed by atoms with Gasteiger partial charge in [0.25, 0.3) is 11.8 Å². The van der Waals surface area contributed by atoms with Crippen molar-refractivity contribution in [3.63, 3.8) is 0 Å². The fourth-order valence-electron chi connectivity index (χ4n) is 9.05. The van der Waals surface area contributed by atoms with Gasteiger partial charge < -0.3 is 33.0 Å². The van der Waals surface area contributed by atoms with Gasteiger partial charge in [0, 0.05) is 92.1 Å². The van der Waals surface area contributed by atoms with Gasteiger partial charge in [-0.3, -0.25) is 9.59 Å². The molecule has 9 heterocycles. The number of hydrogen-bond acceptors (Lipinski definition) is 4. The van der Waals surface area contributed by atoms with Crippen molar-refractivity contribution in [2.45, 2.75) is 0 Å². The Morgan fingerprint density at radius 3 is 1.01 bits per heavy atom. The summed E-state index contributed by atoms with van der Waals surface area (Å²) in [6, 6.07) is 39.9. The Morgan fingerprint density at radius 1 is 0.394 bits per heavy atom. The number of halogens is 1. The average molecular weight is 953 g/mol. The number of anilines is 2. The Labute approximate surface area is 416 Å². The summed E-state index contributed by atoms with van der Waals surface area (Å²) >= 11 is 0. The second-order valence-corrected chi connectivity index (χ2v) is 17.6. The number of amides is 2. The summed E-state index contributed by atoms with van der Waals surface area (Å²) in [5.41, 5.74) is 16.6. The maximum atomic E-state index is 13.3. The third kappa shape index (κ3) is 9.27. The number of pyridine rings is 4. The molecule has 2 aromatic carbocycles. The molecular formula is C58H48ClN10O2+3. The number of hydrogen-bond donors (Lipinski definition) is 4. The van der Waals surface area contributed by atoms with Crippen molar-refractivity contribution in [3.8, 4) is 44.5 Å². The zero-order valence-corrected chi connectivity index (χ0v) is 40.1. The number of aromatic nitrogens is 8. The first kappa shape index (κ1) is 45.6. The lowest BCUT2D eigenvalue weighted by atomic mass is 10.0. The number of aromatic amines is 2. The van der Waals surface area contributed by atoms with Crippen LogP contribution in [0.2, 0.25) is 0 Å². The van der Waals surface area contributed by atoms with E-state index >= 15 is 0 Å². The van der Waals surface area contributed by atoms with E-state index in [0.29, 0.717) is 22.5 Å². The molecule has 11 rings (SSSR count). The molecule has 8 bridgehead atoms. The third-order valence-electron chi connectivity index (χ3n) is 12.6. The first-order valence-electron chi connectivity index (χ1n) is 22.9. The lowest BCUT2D eigenvalue weighted by molar-refractivity contribution is -0.671. The van der Waals surface area contributed by atoms with Crippen molar-refractivity contribution in [3.05, 3.63) is 205 Å².